The fraction of sp³-hybridized carbons (Fsp3) is 0.405. The number of ketones is 1. The molecule has 12 heteroatoms. The van der Waals surface area contributed by atoms with E-state index in [9.17, 15) is 4.79 Å². The van der Waals surface area contributed by atoms with Crippen molar-refractivity contribution in [3.63, 3.8) is 0 Å². The van der Waals surface area contributed by atoms with Crippen molar-refractivity contribution in [1.82, 2.24) is 4.98 Å². The summed E-state index contributed by atoms with van der Waals surface area (Å²) in [6.45, 7) is 13.8. The molecule has 0 bridgehead atoms. The van der Waals surface area contributed by atoms with Gasteiger partial charge in [-0.3, -0.25) is 9.78 Å². The molecule has 0 amide bonds. The number of halogens is 3. The van der Waals surface area contributed by atoms with Gasteiger partial charge in [0.15, 0.2) is 0 Å². The average Bonchev–Trinajstić information content (AvgIpc) is 4.07. The number of aryl methyl sites for hydroxylation is 1. The molecule has 1 aromatic heterocycles. The molecule has 3 fully saturated rings. The monoisotopic (exact) mass is 804 g/mol. The van der Waals surface area contributed by atoms with Gasteiger partial charge >= 0.3 is 11.4 Å². The van der Waals surface area contributed by atoms with Crippen molar-refractivity contribution in [2.75, 3.05) is 11.5 Å². The number of nitrogen functional groups attached to an aromatic ring is 2. The third kappa shape index (κ3) is 18.1. The van der Waals surface area contributed by atoms with Crippen LogP contribution in [0.1, 0.15) is 94.7 Å². The number of nitrogens with two attached hydrogens (primary N) is 2. The van der Waals surface area contributed by atoms with Crippen molar-refractivity contribution < 1.29 is 10.3 Å². The van der Waals surface area contributed by atoms with E-state index in [2.05, 4.69) is 20.7 Å². The zero-order valence-corrected chi connectivity index (χ0v) is 34.3. The number of anilines is 2. The van der Waals surface area contributed by atoms with Crippen molar-refractivity contribution >= 4 is 81.0 Å². The lowest BCUT2D eigenvalue weighted by molar-refractivity contribution is -0.120. The summed E-state index contributed by atoms with van der Waals surface area (Å²) in [5, 5.41) is 1.11. The van der Waals surface area contributed by atoms with E-state index in [4.69, 9.17) is 59.7 Å². The summed E-state index contributed by atoms with van der Waals surface area (Å²) < 4.78 is 0. The predicted molar refractivity (Wildman–Crippen MR) is 231 cm³/mol. The number of rotatable bonds is 1. The Balaban J connectivity index is 0.000000241. The van der Waals surface area contributed by atoms with Crippen molar-refractivity contribution in [3.05, 3.63) is 119 Å². The summed E-state index contributed by atoms with van der Waals surface area (Å²) in [6, 6.07) is 27.3. The Morgan fingerprint density at radius 3 is 1.72 bits per heavy atom. The fourth-order valence-corrected chi connectivity index (χ4v) is 5.88. The van der Waals surface area contributed by atoms with Crippen LogP contribution < -0.4 is 11.5 Å². The van der Waals surface area contributed by atoms with Crippen molar-refractivity contribution in [3.8, 4) is 0 Å². The molecule has 8 rings (SSSR count). The maximum Gasteiger partial charge on any atom is 0.643 e. The van der Waals surface area contributed by atoms with Gasteiger partial charge in [-0.05, 0) is 93.7 Å². The molecule has 0 radical (unpaired) electrons. The van der Waals surface area contributed by atoms with Crippen LogP contribution in [0, 0.1) is 13.1 Å². The summed E-state index contributed by atoms with van der Waals surface area (Å²) in [6.07, 6.45) is 17.0. The Morgan fingerprint density at radius 1 is 0.667 bits per heavy atom. The highest BCUT2D eigenvalue weighted by Crippen LogP contribution is 2.30. The minimum atomic E-state index is -1.72. The molecule has 3 saturated carbocycles. The van der Waals surface area contributed by atoms with Gasteiger partial charge in [0.1, 0.15) is 5.71 Å². The third-order valence-electron chi connectivity index (χ3n) is 8.77. The van der Waals surface area contributed by atoms with Crippen LogP contribution in [0.5, 0.6) is 0 Å². The van der Waals surface area contributed by atoms with Crippen LogP contribution in [0.15, 0.2) is 89.9 Å². The number of Topliss-reactive ketones (excluding diaryl/α,β-unsaturated/α-hetero) is 1. The number of benzene rings is 3. The second-order valence-electron chi connectivity index (χ2n) is 13.1. The van der Waals surface area contributed by atoms with E-state index in [0.717, 1.165) is 78.6 Å². The number of para-hydroxylation sites is 3. The first-order chi connectivity index (χ1) is 25.7. The van der Waals surface area contributed by atoms with Crippen molar-refractivity contribution in [2.24, 2.45) is 4.99 Å². The normalized spacial score (nSPS) is 18.3. The summed E-state index contributed by atoms with van der Waals surface area (Å²) in [4.78, 5) is 27.0. The topological polar surface area (TPSA) is 135 Å². The van der Waals surface area contributed by atoms with Crippen LogP contribution in [-0.2, 0) is 17.6 Å². The van der Waals surface area contributed by atoms with E-state index in [0.29, 0.717) is 6.42 Å². The molecule has 286 valence electrons. The lowest BCUT2D eigenvalue weighted by atomic mass is 9.93. The largest absolute Gasteiger partial charge is 0.643 e. The lowest BCUT2D eigenvalue weighted by Crippen LogP contribution is -2.21. The first kappa shape index (κ1) is 46.5. The predicted octanol–water partition coefficient (Wildman–Crippen LogP) is 11.0. The number of hydrogen-bond donors (Lipinski definition) is 2. The maximum atomic E-state index is 10.8. The first-order valence-electron chi connectivity index (χ1n) is 18.5. The van der Waals surface area contributed by atoms with E-state index in [1.54, 1.807) is 0 Å². The molecule has 8 nitrogen and oxygen atoms in total. The number of aromatic nitrogens is 1. The molecule has 4 aliphatic rings. The van der Waals surface area contributed by atoms with E-state index in [1.807, 2.05) is 78.9 Å². The number of fused-ring (bicyclic) bond motifs is 2. The molecule has 2 unspecified atom stereocenters. The molecule has 2 atom stereocenters. The van der Waals surface area contributed by atoms with E-state index < -0.39 is 11.4 Å². The summed E-state index contributed by atoms with van der Waals surface area (Å²) in [7, 11) is 14.8. The number of carbonyl (C=O) groups excluding carboxylic acids is 1. The Bertz CT molecular complexity index is 1790. The maximum absolute atomic E-state index is 10.8. The minimum Gasteiger partial charge on any atom is -0.412 e. The molecule has 1 heterocycles. The molecule has 3 aromatic carbocycles. The number of hydrogen-bond acceptors (Lipinski definition) is 5. The molecule has 6 N–H and O–H groups in total. The van der Waals surface area contributed by atoms with Gasteiger partial charge in [0.25, 0.3) is 12.1 Å². The van der Waals surface area contributed by atoms with Crippen LogP contribution >= 0.6 is 30.1 Å². The van der Waals surface area contributed by atoms with Gasteiger partial charge in [-0.15, -0.1) is 0 Å². The highest BCUT2D eigenvalue weighted by molar-refractivity contribution is 7.54. The first-order valence-corrected chi connectivity index (χ1v) is 23.7. The van der Waals surface area contributed by atoms with Crippen molar-refractivity contribution in [2.45, 2.75) is 108 Å². The van der Waals surface area contributed by atoms with Gasteiger partial charge < -0.3 is 26.6 Å². The van der Waals surface area contributed by atoms with Gasteiger partial charge in [0.05, 0.1) is 11.2 Å². The standard InChI is InChI=1S/2C13H14N2.C7H9NO.C6H7N.C3H6.Al.3ClH.H2O/c14-13-9-5-1-3-7-11(9)15-12-8-4-2-6-10(12)13;1-14-12-9-5-6-10-13(12)15-11-7-3-2-4-8-11;1-8-6-4-2-3-5-7(6)9;7-6-4-2-1-3-5-6;1-2-3-1;;;;;/h1,3,5,7H,2,4,6,8H2,(H2,14,15);2-4,7-8,12H,5-6,9-10H2;6H,2-5H2;1-5H,7H2;1-3H2;;3*1H;1H2/q;;;;;+3;;;;/p-3. The second kappa shape index (κ2) is 27.0. The number of carbonyl (C=O) groups is 1. The van der Waals surface area contributed by atoms with Crippen LogP contribution in [0.25, 0.3) is 20.6 Å². The molecular formula is C42H52AlCl3N6O2. The van der Waals surface area contributed by atoms with Gasteiger partial charge in [-0.2, -0.15) is 0 Å². The van der Waals surface area contributed by atoms with Crippen LogP contribution in [0.3, 0.4) is 0 Å². The molecular weight excluding hydrogens is 754 g/mol. The highest BCUT2D eigenvalue weighted by atomic mass is 35.8. The molecule has 0 aliphatic heterocycles. The van der Waals surface area contributed by atoms with Gasteiger partial charge in [0.2, 0.25) is 5.78 Å². The Labute approximate surface area is 338 Å². The summed E-state index contributed by atoms with van der Waals surface area (Å²) in [5.74, 6) is 0.149. The van der Waals surface area contributed by atoms with E-state index in [-0.39, 0.29) is 23.3 Å². The van der Waals surface area contributed by atoms with Crippen LogP contribution in [-0.4, -0.2) is 45.4 Å². The minimum absolute atomic E-state index is 0. The zero-order chi connectivity index (χ0) is 38.3. The number of pyridine rings is 1. The van der Waals surface area contributed by atoms with Crippen LogP contribution in [0.2, 0.25) is 0 Å². The highest BCUT2D eigenvalue weighted by Gasteiger charge is 2.26. The zero-order valence-electron chi connectivity index (χ0n) is 30.9. The Morgan fingerprint density at radius 2 is 1.19 bits per heavy atom. The lowest BCUT2D eigenvalue weighted by Gasteiger charge is -2.18. The second-order valence-corrected chi connectivity index (χ2v) is 19.5. The average molecular weight is 806 g/mol. The van der Waals surface area contributed by atoms with E-state index in [1.165, 1.54) is 56.2 Å². The number of aliphatic imine (C=N–C) groups is 1. The Hall–Kier alpha value is -3.65. The summed E-state index contributed by atoms with van der Waals surface area (Å²) in [5.41, 5.74) is 18.9. The SMILES string of the molecule is C1CC1.Nc1c2c(nc3ccccc13)CCCC2.Nc1ccccc1.O.[C-]#[N+]C1CCCCC1=Nc1ccccc1.[C-]#[N+]C1CCCCC1=O.[Cl][Al]([Cl])[Cl]. The van der Waals surface area contributed by atoms with Gasteiger partial charge in [0, 0.05) is 41.7 Å². The molecule has 0 spiro atoms. The fourth-order valence-electron chi connectivity index (χ4n) is 5.88. The molecule has 4 aliphatic carbocycles. The third-order valence-corrected chi connectivity index (χ3v) is 8.77. The summed E-state index contributed by atoms with van der Waals surface area (Å²) >= 11 is -1.72. The van der Waals surface area contributed by atoms with Crippen molar-refractivity contribution in [1.29, 1.82) is 0 Å². The molecule has 0 saturated heterocycles. The van der Waals surface area contributed by atoms with Gasteiger partial charge in [-0.25, -0.2) is 48.3 Å². The van der Waals surface area contributed by atoms with E-state index >= 15 is 0 Å². The van der Waals surface area contributed by atoms with Crippen LogP contribution in [0.4, 0.5) is 17.1 Å². The van der Waals surface area contributed by atoms with Gasteiger partial charge in [-0.1, -0.05) is 73.9 Å². The molecule has 54 heavy (non-hydrogen) atoms. The molecule has 4 aromatic rings. The Kier molecular flexibility index (Phi) is 23.3. The number of nitrogens with zero attached hydrogens (tertiary/aromatic N) is 4. The smallest absolute Gasteiger partial charge is 0.412 e. The quantitative estimate of drug-likeness (QED) is 0.112.